The fourth-order valence-corrected chi connectivity index (χ4v) is 3.31. The number of likely N-dealkylation sites (tertiary alicyclic amines) is 1. The average molecular weight is 431 g/mol. The number of hydrogen-bond donors (Lipinski definition) is 1. The van der Waals surface area contributed by atoms with E-state index in [-0.39, 0.29) is 18.4 Å². The maximum atomic E-state index is 12.6. The number of carbonyl (C=O) groups is 2. The Kier molecular flexibility index (Phi) is 6.50. The van der Waals surface area contributed by atoms with Gasteiger partial charge in [0.2, 0.25) is 0 Å². The van der Waals surface area contributed by atoms with Crippen molar-refractivity contribution in [2.45, 2.75) is 26.2 Å². The Balaban J connectivity index is 1.57. The zero-order chi connectivity index (χ0) is 19.2. The van der Waals surface area contributed by atoms with Crippen molar-refractivity contribution in [3.8, 4) is 5.75 Å². The predicted molar refractivity (Wildman–Crippen MR) is 109 cm³/mol. The highest BCUT2D eigenvalue weighted by atomic mass is 79.9. The second-order valence-electron chi connectivity index (χ2n) is 6.68. The van der Waals surface area contributed by atoms with E-state index in [1.54, 1.807) is 24.3 Å². The lowest BCUT2D eigenvalue weighted by Gasteiger charge is -2.26. The molecule has 1 fully saturated rings. The third-order valence-electron chi connectivity index (χ3n) is 4.54. The van der Waals surface area contributed by atoms with Crippen LogP contribution in [0.15, 0.2) is 46.9 Å². The fourth-order valence-electron chi connectivity index (χ4n) is 3.06. The first-order valence-electron chi connectivity index (χ1n) is 9.11. The van der Waals surface area contributed by atoms with Crippen LogP contribution >= 0.6 is 15.9 Å². The smallest absolute Gasteiger partial charge is 0.262 e. The van der Waals surface area contributed by atoms with Crippen LogP contribution in [-0.4, -0.2) is 36.4 Å². The first-order valence-corrected chi connectivity index (χ1v) is 9.90. The molecule has 5 nitrogen and oxygen atoms in total. The van der Waals surface area contributed by atoms with E-state index < -0.39 is 0 Å². The van der Waals surface area contributed by atoms with Crippen LogP contribution in [0.3, 0.4) is 0 Å². The molecule has 27 heavy (non-hydrogen) atoms. The summed E-state index contributed by atoms with van der Waals surface area (Å²) in [6.07, 6.45) is 3.28. The number of carbonyl (C=O) groups excluding carboxylic acids is 2. The molecule has 0 bridgehead atoms. The molecule has 1 saturated heterocycles. The summed E-state index contributed by atoms with van der Waals surface area (Å²) in [5, 5.41) is 2.79. The van der Waals surface area contributed by atoms with Crippen LogP contribution in [0, 0.1) is 6.92 Å². The van der Waals surface area contributed by atoms with Crippen LogP contribution in [0.1, 0.15) is 35.2 Å². The van der Waals surface area contributed by atoms with E-state index in [1.807, 2.05) is 30.0 Å². The van der Waals surface area contributed by atoms with Gasteiger partial charge in [0.25, 0.3) is 11.8 Å². The van der Waals surface area contributed by atoms with E-state index in [4.69, 9.17) is 4.74 Å². The minimum absolute atomic E-state index is 0.0207. The lowest BCUT2D eigenvalue weighted by Crippen LogP contribution is -2.35. The fraction of sp³-hybridized carbons (Fsp3) is 0.333. The van der Waals surface area contributed by atoms with E-state index in [2.05, 4.69) is 21.2 Å². The zero-order valence-corrected chi connectivity index (χ0v) is 16.9. The van der Waals surface area contributed by atoms with Crippen molar-refractivity contribution < 1.29 is 14.3 Å². The Hall–Kier alpha value is -2.34. The van der Waals surface area contributed by atoms with Crippen molar-refractivity contribution in [3.05, 3.63) is 58.1 Å². The Morgan fingerprint density at radius 3 is 2.63 bits per heavy atom. The number of hydrogen-bond acceptors (Lipinski definition) is 3. The summed E-state index contributed by atoms with van der Waals surface area (Å²) >= 11 is 3.43. The topological polar surface area (TPSA) is 58.6 Å². The first-order chi connectivity index (χ1) is 13.0. The largest absolute Gasteiger partial charge is 0.484 e. The van der Waals surface area contributed by atoms with E-state index >= 15 is 0 Å². The Morgan fingerprint density at radius 2 is 1.89 bits per heavy atom. The van der Waals surface area contributed by atoms with E-state index in [9.17, 15) is 9.59 Å². The molecular weight excluding hydrogens is 408 g/mol. The quantitative estimate of drug-likeness (QED) is 0.764. The third kappa shape index (κ3) is 5.32. The second kappa shape index (κ2) is 9.04. The number of rotatable bonds is 5. The van der Waals surface area contributed by atoms with Crippen LogP contribution in [0.25, 0.3) is 0 Å². The molecule has 0 aromatic heterocycles. The molecule has 0 aliphatic carbocycles. The molecule has 0 unspecified atom stereocenters. The van der Waals surface area contributed by atoms with Gasteiger partial charge in [-0.15, -0.1) is 0 Å². The number of halogens is 1. The number of ether oxygens (including phenoxy) is 1. The van der Waals surface area contributed by atoms with Crippen molar-refractivity contribution in [1.29, 1.82) is 0 Å². The molecule has 2 aromatic rings. The summed E-state index contributed by atoms with van der Waals surface area (Å²) in [7, 11) is 0. The molecule has 6 heteroatoms. The van der Waals surface area contributed by atoms with Gasteiger partial charge in [-0.3, -0.25) is 9.59 Å². The molecule has 142 valence electrons. The number of nitrogens with zero attached hydrogens (tertiary/aromatic N) is 1. The minimum Gasteiger partial charge on any atom is -0.484 e. The van der Waals surface area contributed by atoms with Crippen LogP contribution < -0.4 is 10.1 Å². The SMILES string of the molecule is Cc1cc(OCC(=O)Nc2cccc(C(=O)N3CCCCC3)c2)ccc1Br. The molecule has 1 aliphatic rings. The number of piperidine rings is 1. The molecule has 3 rings (SSSR count). The molecule has 2 aromatic carbocycles. The van der Waals surface area contributed by atoms with Crippen molar-refractivity contribution in [2.75, 3.05) is 25.0 Å². The van der Waals surface area contributed by atoms with Gasteiger partial charge in [0.1, 0.15) is 5.75 Å². The number of nitrogens with one attached hydrogen (secondary N) is 1. The predicted octanol–water partition coefficient (Wildman–Crippen LogP) is 4.40. The zero-order valence-electron chi connectivity index (χ0n) is 15.3. The monoisotopic (exact) mass is 430 g/mol. The molecule has 0 radical (unpaired) electrons. The molecular formula is C21H23BrN2O3. The maximum Gasteiger partial charge on any atom is 0.262 e. The molecule has 1 heterocycles. The minimum atomic E-state index is -0.266. The van der Waals surface area contributed by atoms with Gasteiger partial charge in [-0.25, -0.2) is 0 Å². The standard InChI is InChI=1S/C21H23BrN2O3/c1-15-12-18(8-9-19(15)22)27-14-20(25)23-17-7-5-6-16(13-17)21(26)24-10-3-2-4-11-24/h5-9,12-13H,2-4,10-11,14H2,1H3,(H,23,25). The molecule has 0 atom stereocenters. The normalized spacial score (nSPS) is 13.9. The van der Waals surface area contributed by atoms with E-state index in [1.165, 1.54) is 6.42 Å². The highest BCUT2D eigenvalue weighted by molar-refractivity contribution is 9.10. The van der Waals surface area contributed by atoms with Gasteiger partial charge in [0.05, 0.1) is 0 Å². The van der Waals surface area contributed by atoms with E-state index in [0.717, 1.165) is 36.0 Å². The summed E-state index contributed by atoms with van der Waals surface area (Å²) in [6.45, 7) is 3.47. The second-order valence-corrected chi connectivity index (χ2v) is 7.54. The lowest BCUT2D eigenvalue weighted by atomic mass is 10.1. The first kappa shape index (κ1) is 19.4. The molecule has 2 amide bonds. The van der Waals surface area contributed by atoms with Gasteiger partial charge in [-0.2, -0.15) is 0 Å². The van der Waals surface area contributed by atoms with Gasteiger partial charge in [-0.1, -0.05) is 22.0 Å². The van der Waals surface area contributed by atoms with Gasteiger partial charge >= 0.3 is 0 Å². The summed E-state index contributed by atoms with van der Waals surface area (Å²) in [6, 6.07) is 12.6. The van der Waals surface area contributed by atoms with Gasteiger partial charge in [-0.05, 0) is 68.1 Å². The van der Waals surface area contributed by atoms with Gasteiger partial charge in [0, 0.05) is 28.8 Å². The van der Waals surface area contributed by atoms with Crippen molar-refractivity contribution in [1.82, 2.24) is 4.90 Å². The van der Waals surface area contributed by atoms with Gasteiger partial charge < -0.3 is 15.0 Å². The maximum absolute atomic E-state index is 12.6. The van der Waals surface area contributed by atoms with Crippen LogP contribution in [0.4, 0.5) is 5.69 Å². The molecule has 0 spiro atoms. The number of amides is 2. The number of anilines is 1. The lowest BCUT2D eigenvalue weighted by molar-refractivity contribution is -0.118. The van der Waals surface area contributed by atoms with E-state index in [0.29, 0.717) is 17.0 Å². The summed E-state index contributed by atoms with van der Waals surface area (Å²) in [5.41, 5.74) is 2.23. The molecule has 1 N–H and O–H groups in total. The van der Waals surface area contributed by atoms with Crippen LogP contribution in [0.2, 0.25) is 0 Å². The van der Waals surface area contributed by atoms with Crippen molar-refractivity contribution >= 4 is 33.4 Å². The van der Waals surface area contributed by atoms with Crippen LogP contribution in [-0.2, 0) is 4.79 Å². The Bertz CT molecular complexity index is 832. The molecule has 0 saturated carbocycles. The van der Waals surface area contributed by atoms with Gasteiger partial charge in [0.15, 0.2) is 6.61 Å². The average Bonchev–Trinajstić information content (AvgIpc) is 2.69. The summed E-state index contributed by atoms with van der Waals surface area (Å²) in [4.78, 5) is 26.7. The molecule has 1 aliphatic heterocycles. The highest BCUT2D eigenvalue weighted by Gasteiger charge is 2.18. The summed E-state index contributed by atoms with van der Waals surface area (Å²) in [5.74, 6) is 0.394. The third-order valence-corrected chi connectivity index (χ3v) is 5.43. The Labute approximate surface area is 167 Å². The number of aryl methyl sites for hydroxylation is 1. The van der Waals surface area contributed by atoms with Crippen LogP contribution in [0.5, 0.6) is 5.75 Å². The Morgan fingerprint density at radius 1 is 1.11 bits per heavy atom. The summed E-state index contributed by atoms with van der Waals surface area (Å²) < 4.78 is 6.54. The number of benzene rings is 2. The highest BCUT2D eigenvalue weighted by Crippen LogP contribution is 2.21. The van der Waals surface area contributed by atoms with Crippen molar-refractivity contribution in [3.63, 3.8) is 0 Å². The van der Waals surface area contributed by atoms with Crippen molar-refractivity contribution in [2.24, 2.45) is 0 Å².